The quantitative estimate of drug-likeness (QED) is 0.320. The van der Waals surface area contributed by atoms with Crippen molar-refractivity contribution in [3.05, 3.63) is 100.0 Å². The van der Waals surface area contributed by atoms with E-state index in [9.17, 15) is 13.2 Å². The summed E-state index contributed by atoms with van der Waals surface area (Å²) in [6.45, 7) is 1.93. The fraction of sp³-hybridized carbons (Fsp3) is 0.0769. The Morgan fingerprint density at radius 3 is 2.47 bits per heavy atom. The highest BCUT2D eigenvalue weighted by Crippen LogP contribution is 2.32. The van der Waals surface area contributed by atoms with E-state index in [1.54, 1.807) is 18.2 Å². The van der Waals surface area contributed by atoms with Crippen molar-refractivity contribution in [3.63, 3.8) is 0 Å². The van der Waals surface area contributed by atoms with Crippen molar-refractivity contribution in [1.82, 2.24) is 9.72 Å². The molecular weight excluding hydrogens is 502 g/mol. The summed E-state index contributed by atoms with van der Waals surface area (Å²) in [4.78, 5) is 13.1. The van der Waals surface area contributed by atoms with E-state index in [-0.39, 0.29) is 16.3 Å². The summed E-state index contributed by atoms with van der Waals surface area (Å²) in [6, 6.07) is 20.2. The number of rotatable bonds is 6. The van der Waals surface area contributed by atoms with Gasteiger partial charge in [0.05, 0.1) is 23.2 Å². The molecule has 0 saturated heterocycles. The second kappa shape index (κ2) is 9.18. The van der Waals surface area contributed by atoms with Crippen LogP contribution in [0.3, 0.4) is 0 Å². The normalized spacial score (nSPS) is 11.5. The van der Waals surface area contributed by atoms with Gasteiger partial charge >= 0.3 is 0 Å². The third-order valence-corrected chi connectivity index (χ3v) is 7.54. The highest BCUT2D eigenvalue weighted by molar-refractivity contribution is 7.92. The van der Waals surface area contributed by atoms with Crippen LogP contribution in [0.15, 0.2) is 93.3 Å². The number of fused-ring (bicyclic) bond motifs is 1. The predicted molar refractivity (Wildman–Crippen MR) is 139 cm³/mol. The highest BCUT2D eigenvalue weighted by Gasteiger charge is 2.18. The van der Waals surface area contributed by atoms with Gasteiger partial charge < -0.3 is 9.26 Å². The fourth-order valence-corrected chi connectivity index (χ4v) is 5.12. The minimum atomic E-state index is -3.92. The topological polar surface area (TPSA) is 103 Å². The molecule has 1 N–H and O–H groups in total. The van der Waals surface area contributed by atoms with E-state index < -0.39 is 10.0 Å². The highest BCUT2D eigenvalue weighted by atomic mass is 35.5. The van der Waals surface area contributed by atoms with Crippen LogP contribution in [0.2, 0.25) is 5.02 Å². The van der Waals surface area contributed by atoms with Crippen molar-refractivity contribution in [3.8, 4) is 22.6 Å². The molecule has 2 aromatic heterocycles. The molecule has 2 heterocycles. The van der Waals surface area contributed by atoms with Crippen LogP contribution in [0.4, 0.5) is 5.82 Å². The summed E-state index contributed by atoms with van der Waals surface area (Å²) in [5.74, 6) is 0.558. The summed E-state index contributed by atoms with van der Waals surface area (Å²) in [5, 5.41) is 4.80. The van der Waals surface area contributed by atoms with E-state index in [0.717, 1.165) is 16.7 Å². The SMILES string of the molecule is COc1ccc(-c2ccc(Cl)c(C)c2)cc1-n1c(=O)ccc2cc(S(=O)(=O)Nc3ccon3)ccc21. The number of aryl methyl sites for hydroxylation is 1. The molecule has 0 atom stereocenters. The Kier molecular flexibility index (Phi) is 6.03. The first-order valence-electron chi connectivity index (χ1n) is 10.8. The largest absolute Gasteiger partial charge is 0.495 e. The van der Waals surface area contributed by atoms with E-state index in [4.69, 9.17) is 16.3 Å². The number of nitrogens with zero attached hydrogens (tertiary/aromatic N) is 2. The first-order valence-corrected chi connectivity index (χ1v) is 12.7. The van der Waals surface area contributed by atoms with Crippen molar-refractivity contribution in [2.75, 3.05) is 11.8 Å². The zero-order valence-corrected chi connectivity index (χ0v) is 20.8. The number of anilines is 1. The maximum absolute atomic E-state index is 13.1. The lowest BCUT2D eigenvalue weighted by Gasteiger charge is -2.16. The molecule has 0 bridgehead atoms. The van der Waals surface area contributed by atoms with Crippen LogP contribution in [-0.2, 0) is 10.0 Å². The van der Waals surface area contributed by atoms with Crippen LogP contribution in [0, 0.1) is 6.92 Å². The van der Waals surface area contributed by atoms with Gasteiger partial charge in [-0.05, 0) is 72.1 Å². The van der Waals surface area contributed by atoms with Crippen LogP contribution in [0.5, 0.6) is 5.75 Å². The predicted octanol–water partition coefficient (Wildman–Crippen LogP) is 5.42. The molecule has 0 fully saturated rings. The number of sulfonamides is 1. The smallest absolute Gasteiger partial charge is 0.263 e. The van der Waals surface area contributed by atoms with Crippen LogP contribution in [0.1, 0.15) is 5.56 Å². The molecular formula is C26H20ClN3O5S. The van der Waals surface area contributed by atoms with Crippen molar-refractivity contribution in [2.24, 2.45) is 0 Å². The van der Waals surface area contributed by atoms with Crippen LogP contribution >= 0.6 is 11.6 Å². The lowest BCUT2D eigenvalue weighted by atomic mass is 10.0. The number of halogens is 1. The lowest BCUT2D eigenvalue weighted by molar-refractivity contribution is 0.413. The summed E-state index contributed by atoms with van der Waals surface area (Å²) < 4.78 is 39.8. The maximum atomic E-state index is 13.1. The summed E-state index contributed by atoms with van der Waals surface area (Å²) in [7, 11) is -2.39. The molecule has 3 aromatic carbocycles. The molecule has 10 heteroatoms. The molecule has 5 rings (SSSR count). The number of benzene rings is 3. The van der Waals surface area contributed by atoms with Gasteiger partial charge in [-0.2, -0.15) is 0 Å². The minimum Gasteiger partial charge on any atom is -0.495 e. The number of hydrogen-bond donors (Lipinski definition) is 1. The van der Waals surface area contributed by atoms with Gasteiger partial charge in [-0.3, -0.25) is 14.1 Å². The van der Waals surface area contributed by atoms with Gasteiger partial charge in [-0.15, -0.1) is 0 Å². The van der Waals surface area contributed by atoms with Crippen molar-refractivity contribution in [1.29, 1.82) is 0 Å². The molecule has 36 heavy (non-hydrogen) atoms. The summed E-state index contributed by atoms with van der Waals surface area (Å²) >= 11 is 6.19. The van der Waals surface area contributed by atoms with Crippen LogP contribution in [-0.4, -0.2) is 25.3 Å². The summed E-state index contributed by atoms with van der Waals surface area (Å²) in [6.07, 6.45) is 1.27. The number of methoxy groups -OCH3 is 1. The van der Waals surface area contributed by atoms with E-state index in [2.05, 4.69) is 14.4 Å². The molecule has 0 aliphatic carbocycles. The van der Waals surface area contributed by atoms with Gasteiger partial charge in [0.25, 0.3) is 15.6 Å². The van der Waals surface area contributed by atoms with Gasteiger partial charge in [0.2, 0.25) is 0 Å². The molecule has 0 amide bonds. The van der Waals surface area contributed by atoms with E-state index in [1.165, 1.54) is 42.2 Å². The monoisotopic (exact) mass is 521 g/mol. The molecule has 0 unspecified atom stereocenters. The Morgan fingerprint density at radius 1 is 0.972 bits per heavy atom. The first kappa shape index (κ1) is 23.7. The van der Waals surface area contributed by atoms with Gasteiger partial charge in [0, 0.05) is 22.5 Å². The minimum absolute atomic E-state index is 0.0144. The third-order valence-electron chi connectivity index (χ3n) is 5.76. The van der Waals surface area contributed by atoms with Gasteiger partial charge in [-0.1, -0.05) is 28.9 Å². The maximum Gasteiger partial charge on any atom is 0.263 e. The molecule has 0 saturated carbocycles. The zero-order chi connectivity index (χ0) is 25.4. The van der Waals surface area contributed by atoms with Crippen molar-refractivity contribution in [2.45, 2.75) is 11.8 Å². The van der Waals surface area contributed by atoms with Crippen LogP contribution < -0.4 is 15.0 Å². The van der Waals surface area contributed by atoms with Crippen LogP contribution in [0.25, 0.3) is 27.7 Å². The molecule has 0 aliphatic heterocycles. The molecule has 5 aromatic rings. The van der Waals surface area contributed by atoms with E-state index >= 15 is 0 Å². The molecule has 0 spiro atoms. The van der Waals surface area contributed by atoms with Crippen molar-refractivity contribution < 1.29 is 17.7 Å². The second-order valence-corrected chi connectivity index (χ2v) is 10.2. The van der Waals surface area contributed by atoms with Gasteiger partial charge in [0.1, 0.15) is 12.0 Å². The first-order chi connectivity index (χ1) is 17.3. The zero-order valence-electron chi connectivity index (χ0n) is 19.2. The van der Waals surface area contributed by atoms with Gasteiger partial charge in [0.15, 0.2) is 5.82 Å². The Balaban J connectivity index is 1.66. The number of ether oxygens (including phenoxy) is 1. The van der Waals surface area contributed by atoms with Gasteiger partial charge in [-0.25, -0.2) is 8.42 Å². The van der Waals surface area contributed by atoms with E-state index in [0.29, 0.717) is 27.4 Å². The molecule has 0 radical (unpaired) electrons. The van der Waals surface area contributed by atoms with E-state index in [1.807, 2.05) is 37.3 Å². The number of nitrogens with one attached hydrogen (secondary N) is 1. The fourth-order valence-electron chi connectivity index (χ4n) is 3.97. The average Bonchev–Trinajstić information content (AvgIpc) is 3.37. The lowest BCUT2D eigenvalue weighted by Crippen LogP contribution is -2.19. The number of hydrogen-bond acceptors (Lipinski definition) is 6. The standard InChI is InChI=1S/C26H20ClN3O5S/c1-16-13-17(3-7-21(16)27)18-4-9-24(34-2)23(15-18)30-22-8-6-20(14-19(22)5-10-26(30)31)36(32,33)29-25-11-12-35-28-25/h3-15H,1-2H3,(H,28,29). The Morgan fingerprint density at radius 2 is 1.75 bits per heavy atom. The number of aromatic nitrogens is 2. The average molecular weight is 522 g/mol. The Labute approximate surface area is 211 Å². The summed E-state index contributed by atoms with van der Waals surface area (Å²) in [5.41, 5.74) is 3.48. The molecule has 182 valence electrons. The molecule has 0 aliphatic rings. The Bertz CT molecular complexity index is 1760. The third kappa shape index (κ3) is 4.34. The number of pyridine rings is 1. The Hall–Kier alpha value is -4.08. The second-order valence-electron chi connectivity index (χ2n) is 8.07. The van der Waals surface area contributed by atoms with Crippen molar-refractivity contribution >= 4 is 38.3 Å². The molecule has 8 nitrogen and oxygen atoms in total.